The Balaban J connectivity index is 2.19. The quantitative estimate of drug-likeness (QED) is 0.434. The van der Waals surface area contributed by atoms with E-state index in [2.05, 4.69) is 15.2 Å². The summed E-state index contributed by atoms with van der Waals surface area (Å²) in [5.41, 5.74) is 12.9. The highest BCUT2D eigenvalue weighted by molar-refractivity contribution is 6.00. The van der Waals surface area contributed by atoms with Crippen molar-refractivity contribution in [1.82, 2.24) is 4.98 Å². The van der Waals surface area contributed by atoms with E-state index in [4.69, 9.17) is 16.6 Å². The Labute approximate surface area is 120 Å². The summed E-state index contributed by atoms with van der Waals surface area (Å²) in [6.45, 7) is 0. The van der Waals surface area contributed by atoms with Gasteiger partial charge in [-0.1, -0.05) is 12.1 Å². The Bertz CT molecular complexity index is 693. The van der Waals surface area contributed by atoms with Crippen LogP contribution in [0, 0.1) is 0 Å². The Morgan fingerprint density at radius 2 is 1.52 bits per heavy atom. The molecule has 0 fully saturated rings. The van der Waals surface area contributed by atoms with Gasteiger partial charge in [0, 0.05) is 23.5 Å². The first-order valence-electron chi connectivity index (χ1n) is 5.98. The van der Waals surface area contributed by atoms with E-state index in [0.29, 0.717) is 11.1 Å². The second-order valence-electron chi connectivity index (χ2n) is 4.09. The smallest absolute Gasteiger partial charge is 0.335 e. The molecule has 106 valence electrons. The number of hydrogen-bond acceptors (Lipinski definition) is 4. The fourth-order valence-electron chi connectivity index (χ4n) is 1.52. The van der Waals surface area contributed by atoms with E-state index in [1.54, 1.807) is 36.7 Å². The van der Waals surface area contributed by atoms with Gasteiger partial charge in [-0.05, 0) is 24.3 Å². The lowest BCUT2D eigenvalue weighted by atomic mass is 10.1. The number of nitrogens with two attached hydrogens (primary N) is 2. The van der Waals surface area contributed by atoms with E-state index in [1.807, 2.05) is 0 Å². The molecule has 1 aromatic carbocycles. The summed E-state index contributed by atoms with van der Waals surface area (Å²) in [5.74, 6) is -0.678. The van der Waals surface area contributed by atoms with Crippen LogP contribution in [0.2, 0.25) is 0 Å². The Kier molecular flexibility index (Phi) is 4.25. The first-order chi connectivity index (χ1) is 10.1. The molecule has 0 aliphatic carbocycles. The van der Waals surface area contributed by atoms with Gasteiger partial charge in [-0.15, -0.1) is 10.2 Å². The highest BCUT2D eigenvalue weighted by Gasteiger charge is 2.04. The minimum atomic E-state index is -1.00. The lowest BCUT2D eigenvalue weighted by Gasteiger charge is -2.00. The van der Waals surface area contributed by atoms with Crippen LogP contribution in [-0.4, -0.2) is 27.7 Å². The van der Waals surface area contributed by atoms with Crippen molar-refractivity contribution in [3.63, 3.8) is 0 Å². The van der Waals surface area contributed by atoms with Gasteiger partial charge >= 0.3 is 5.97 Å². The average molecular weight is 283 g/mol. The predicted octanol–water partition coefficient (Wildman–Crippen LogP) is 0.806. The van der Waals surface area contributed by atoms with Crippen molar-refractivity contribution in [3.8, 4) is 0 Å². The van der Waals surface area contributed by atoms with Crippen LogP contribution in [0.25, 0.3) is 0 Å². The predicted molar refractivity (Wildman–Crippen MR) is 79.1 cm³/mol. The van der Waals surface area contributed by atoms with Crippen LogP contribution in [0.1, 0.15) is 21.5 Å². The van der Waals surface area contributed by atoms with Gasteiger partial charge in [0.2, 0.25) is 0 Å². The molecule has 0 unspecified atom stereocenters. The molecule has 1 heterocycles. The van der Waals surface area contributed by atoms with Crippen LogP contribution < -0.4 is 11.5 Å². The molecule has 7 nitrogen and oxygen atoms in total. The zero-order valence-corrected chi connectivity index (χ0v) is 11.0. The number of carbonyl (C=O) groups is 1. The molecule has 21 heavy (non-hydrogen) atoms. The van der Waals surface area contributed by atoms with Gasteiger partial charge in [-0.3, -0.25) is 4.98 Å². The second-order valence-corrected chi connectivity index (χ2v) is 4.09. The van der Waals surface area contributed by atoms with Gasteiger partial charge < -0.3 is 16.6 Å². The lowest BCUT2D eigenvalue weighted by molar-refractivity contribution is 0.0697. The molecule has 0 amide bonds. The average Bonchev–Trinajstić information content (AvgIpc) is 2.53. The largest absolute Gasteiger partial charge is 0.478 e. The van der Waals surface area contributed by atoms with E-state index in [1.165, 1.54) is 12.1 Å². The van der Waals surface area contributed by atoms with Crippen molar-refractivity contribution in [2.75, 3.05) is 0 Å². The van der Waals surface area contributed by atoms with Gasteiger partial charge in [0.25, 0.3) is 0 Å². The summed E-state index contributed by atoms with van der Waals surface area (Å²) < 4.78 is 0. The minimum Gasteiger partial charge on any atom is -0.478 e. The molecule has 0 saturated heterocycles. The van der Waals surface area contributed by atoms with Gasteiger partial charge in [0.1, 0.15) is 0 Å². The summed E-state index contributed by atoms with van der Waals surface area (Å²) in [5, 5.41) is 16.5. The summed E-state index contributed by atoms with van der Waals surface area (Å²) in [6.07, 6.45) is 3.19. The SMILES string of the molecule is N/C(=N\N=C(/N)c1cccnc1)c1ccc(C(=O)O)cc1. The van der Waals surface area contributed by atoms with Crippen molar-refractivity contribution in [1.29, 1.82) is 0 Å². The molecular formula is C14H13N5O2. The third-order valence-corrected chi connectivity index (χ3v) is 2.65. The number of carboxylic acids is 1. The molecule has 2 aromatic rings. The van der Waals surface area contributed by atoms with Gasteiger partial charge in [-0.2, -0.15) is 0 Å². The maximum atomic E-state index is 10.7. The fourth-order valence-corrected chi connectivity index (χ4v) is 1.52. The van der Waals surface area contributed by atoms with Crippen molar-refractivity contribution >= 4 is 17.6 Å². The van der Waals surface area contributed by atoms with E-state index in [-0.39, 0.29) is 17.2 Å². The normalized spacial score (nSPS) is 12.2. The number of benzene rings is 1. The first-order valence-corrected chi connectivity index (χ1v) is 5.98. The van der Waals surface area contributed by atoms with Crippen molar-refractivity contribution in [3.05, 3.63) is 65.5 Å². The molecule has 0 saturated carbocycles. The fraction of sp³-hybridized carbons (Fsp3) is 0. The molecule has 0 spiro atoms. The summed E-state index contributed by atoms with van der Waals surface area (Å²) >= 11 is 0. The molecule has 2 rings (SSSR count). The zero-order chi connectivity index (χ0) is 15.2. The van der Waals surface area contributed by atoms with E-state index in [0.717, 1.165) is 0 Å². The monoisotopic (exact) mass is 283 g/mol. The summed E-state index contributed by atoms with van der Waals surface area (Å²) in [6, 6.07) is 9.47. The molecule has 1 aromatic heterocycles. The Morgan fingerprint density at radius 3 is 2.05 bits per heavy atom. The van der Waals surface area contributed by atoms with Crippen LogP contribution in [0.5, 0.6) is 0 Å². The zero-order valence-electron chi connectivity index (χ0n) is 11.0. The van der Waals surface area contributed by atoms with E-state index in [9.17, 15) is 4.79 Å². The van der Waals surface area contributed by atoms with Crippen molar-refractivity contribution in [2.24, 2.45) is 21.7 Å². The van der Waals surface area contributed by atoms with Gasteiger partial charge in [0.05, 0.1) is 5.56 Å². The molecule has 0 radical (unpaired) electrons. The number of nitrogens with zero attached hydrogens (tertiary/aromatic N) is 3. The third kappa shape index (κ3) is 3.63. The molecule has 0 aliphatic rings. The molecule has 5 N–H and O–H groups in total. The third-order valence-electron chi connectivity index (χ3n) is 2.65. The van der Waals surface area contributed by atoms with E-state index >= 15 is 0 Å². The maximum absolute atomic E-state index is 10.7. The molecule has 0 aliphatic heterocycles. The van der Waals surface area contributed by atoms with Crippen molar-refractivity contribution < 1.29 is 9.90 Å². The summed E-state index contributed by atoms with van der Waals surface area (Å²) in [4.78, 5) is 14.7. The van der Waals surface area contributed by atoms with Gasteiger partial charge in [-0.25, -0.2) is 4.79 Å². The minimum absolute atomic E-state index is 0.138. The highest BCUT2D eigenvalue weighted by atomic mass is 16.4. The number of amidine groups is 2. The second kappa shape index (κ2) is 6.29. The van der Waals surface area contributed by atoms with Crippen molar-refractivity contribution in [2.45, 2.75) is 0 Å². The number of pyridine rings is 1. The number of aromatic nitrogens is 1. The van der Waals surface area contributed by atoms with Crippen LogP contribution in [0.3, 0.4) is 0 Å². The number of aromatic carboxylic acids is 1. The van der Waals surface area contributed by atoms with Gasteiger partial charge in [0.15, 0.2) is 11.7 Å². The van der Waals surface area contributed by atoms with Crippen LogP contribution in [0.15, 0.2) is 59.0 Å². The highest BCUT2D eigenvalue weighted by Crippen LogP contribution is 2.04. The standard InChI is InChI=1S/C14H13N5O2/c15-12(9-3-5-10(6-4-9)14(20)21)18-19-13(16)11-2-1-7-17-8-11/h1-8H,(H2,15,18)(H2,16,19)(H,20,21). The molecule has 7 heteroatoms. The molecular weight excluding hydrogens is 270 g/mol. The molecule has 0 atom stereocenters. The Morgan fingerprint density at radius 1 is 0.952 bits per heavy atom. The van der Waals surface area contributed by atoms with Crippen LogP contribution in [-0.2, 0) is 0 Å². The van der Waals surface area contributed by atoms with Crippen LogP contribution >= 0.6 is 0 Å². The number of hydrogen-bond donors (Lipinski definition) is 3. The Hall–Kier alpha value is -3.22. The first kappa shape index (κ1) is 14.2. The molecule has 0 bridgehead atoms. The number of rotatable bonds is 4. The van der Waals surface area contributed by atoms with Crippen LogP contribution in [0.4, 0.5) is 0 Å². The topological polar surface area (TPSA) is 127 Å². The maximum Gasteiger partial charge on any atom is 0.335 e. The number of carboxylic acid groups (broad SMARTS) is 1. The lowest BCUT2D eigenvalue weighted by Crippen LogP contribution is -2.16. The van der Waals surface area contributed by atoms with E-state index < -0.39 is 5.97 Å². The summed E-state index contributed by atoms with van der Waals surface area (Å²) in [7, 11) is 0.